The minimum Gasteiger partial charge on any atom is -0.364 e. The van der Waals surface area contributed by atoms with Crippen LogP contribution in [0.2, 0.25) is 0 Å². The first-order valence-corrected chi connectivity index (χ1v) is 6.61. The summed E-state index contributed by atoms with van der Waals surface area (Å²) in [7, 11) is 0. The Kier molecular flexibility index (Phi) is 4.13. The van der Waals surface area contributed by atoms with E-state index in [2.05, 4.69) is 22.2 Å². The SMILES string of the molecule is CCNc1ncnc(N2CCC(C)CC2)c1[N+](=O)[O-]. The van der Waals surface area contributed by atoms with Crippen LogP contribution in [0.25, 0.3) is 0 Å². The predicted octanol–water partition coefficient (Wildman–Crippen LogP) is 2.05. The van der Waals surface area contributed by atoms with Crippen LogP contribution in [-0.4, -0.2) is 34.5 Å². The quantitative estimate of drug-likeness (QED) is 0.662. The van der Waals surface area contributed by atoms with E-state index in [9.17, 15) is 10.1 Å². The van der Waals surface area contributed by atoms with Gasteiger partial charge in [0.05, 0.1) is 4.92 Å². The Morgan fingerprint density at radius 3 is 2.74 bits per heavy atom. The second-order valence-corrected chi connectivity index (χ2v) is 4.85. The normalized spacial score (nSPS) is 16.4. The average molecular weight is 265 g/mol. The molecule has 1 aliphatic rings. The van der Waals surface area contributed by atoms with Crippen LogP contribution >= 0.6 is 0 Å². The van der Waals surface area contributed by atoms with Crippen molar-refractivity contribution in [2.24, 2.45) is 5.92 Å². The molecule has 19 heavy (non-hydrogen) atoms. The maximum atomic E-state index is 11.3. The van der Waals surface area contributed by atoms with E-state index in [1.165, 1.54) is 6.33 Å². The van der Waals surface area contributed by atoms with Crippen molar-refractivity contribution in [1.82, 2.24) is 9.97 Å². The van der Waals surface area contributed by atoms with Crippen LogP contribution in [0.1, 0.15) is 26.7 Å². The Hall–Kier alpha value is -1.92. The monoisotopic (exact) mass is 265 g/mol. The van der Waals surface area contributed by atoms with Gasteiger partial charge in [0, 0.05) is 19.6 Å². The first-order chi connectivity index (χ1) is 9.13. The molecule has 1 aromatic heterocycles. The third-order valence-corrected chi connectivity index (χ3v) is 3.41. The van der Waals surface area contributed by atoms with Crippen LogP contribution in [0.3, 0.4) is 0 Å². The molecule has 7 nitrogen and oxygen atoms in total. The van der Waals surface area contributed by atoms with Gasteiger partial charge in [-0.05, 0) is 25.7 Å². The highest BCUT2D eigenvalue weighted by atomic mass is 16.6. The van der Waals surface area contributed by atoms with Gasteiger partial charge in [-0.25, -0.2) is 9.97 Å². The first-order valence-electron chi connectivity index (χ1n) is 6.61. The minimum absolute atomic E-state index is 0.0149. The van der Waals surface area contributed by atoms with Gasteiger partial charge in [0.25, 0.3) is 0 Å². The highest BCUT2D eigenvalue weighted by Gasteiger charge is 2.28. The van der Waals surface area contributed by atoms with Crippen molar-refractivity contribution in [3.8, 4) is 0 Å². The maximum absolute atomic E-state index is 11.3. The molecule has 1 fully saturated rings. The molecule has 0 saturated carbocycles. The molecule has 0 bridgehead atoms. The van der Waals surface area contributed by atoms with E-state index in [1.54, 1.807) is 0 Å². The Bertz CT molecular complexity index is 457. The highest BCUT2D eigenvalue weighted by molar-refractivity contribution is 5.70. The third-order valence-electron chi connectivity index (χ3n) is 3.41. The summed E-state index contributed by atoms with van der Waals surface area (Å²) in [5, 5.41) is 14.2. The van der Waals surface area contributed by atoms with E-state index in [1.807, 2.05) is 11.8 Å². The largest absolute Gasteiger partial charge is 0.364 e. The van der Waals surface area contributed by atoms with Crippen molar-refractivity contribution in [2.75, 3.05) is 29.9 Å². The lowest BCUT2D eigenvalue weighted by atomic mass is 9.99. The van der Waals surface area contributed by atoms with Gasteiger partial charge in [0.15, 0.2) is 0 Å². The molecule has 1 aliphatic heterocycles. The average Bonchev–Trinajstić information content (AvgIpc) is 2.39. The van der Waals surface area contributed by atoms with Crippen molar-refractivity contribution in [3.05, 3.63) is 16.4 Å². The van der Waals surface area contributed by atoms with Crippen LogP contribution in [0.5, 0.6) is 0 Å². The molecule has 0 amide bonds. The van der Waals surface area contributed by atoms with Crippen LogP contribution in [-0.2, 0) is 0 Å². The molecule has 1 N–H and O–H groups in total. The van der Waals surface area contributed by atoms with Gasteiger partial charge < -0.3 is 10.2 Å². The second-order valence-electron chi connectivity index (χ2n) is 4.85. The Morgan fingerprint density at radius 1 is 1.47 bits per heavy atom. The number of piperidine rings is 1. The van der Waals surface area contributed by atoms with Crippen molar-refractivity contribution in [1.29, 1.82) is 0 Å². The van der Waals surface area contributed by atoms with Gasteiger partial charge in [-0.1, -0.05) is 6.92 Å². The highest BCUT2D eigenvalue weighted by Crippen LogP contribution is 2.33. The fourth-order valence-electron chi connectivity index (χ4n) is 2.29. The molecule has 104 valence electrons. The number of aromatic nitrogens is 2. The van der Waals surface area contributed by atoms with Gasteiger partial charge in [0.1, 0.15) is 6.33 Å². The number of hydrogen-bond donors (Lipinski definition) is 1. The number of nitrogens with zero attached hydrogens (tertiary/aromatic N) is 4. The summed E-state index contributed by atoms with van der Waals surface area (Å²) >= 11 is 0. The number of nitrogens with one attached hydrogen (secondary N) is 1. The summed E-state index contributed by atoms with van der Waals surface area (Å²) in [6.07, 6.45) is 3.47. The molecule has 0 radical (unpaired) electrons. The second kappa shape index (κ2) is 5.81. The summed E-state index contributed by atoms with van der Waals surface area (Å²) in [6, 6.07) is 0. The lowest BCUT2D eigenvalue weighted by molar-refractivity contribution is -0.383. The van der Waals surface area contributed by atoms with Crippen LogP contribution in [0, 0.1) is 16.0 Å². The fourth-order valence-corrected chi connectivity index (χ4v) is 2.29. The molecular formula is C12H19N5O2. The minimum atomic E-state index is -0.397. The number of anilines is 2. The van der Waals surface area contributed by atoms with Gasteiger partial charge in [-0.3, -0.25) is 10.1 Å². The molecule has 1 saturated heterocycles. The topological polar surface area (TPSA) is 84.2 Å². The van der Waals surface area contributed by atoms with E-state index >= 15 is 0 Å². The Balaban J connectivity index is 2.33. The molecule has 0 atom stereocenters. The van der Waals surface area contributed by atoms with Crippen molar-refractivity contribution >= 4 is 17.3 Å². The smallest absolute Gasteiger partial charge is 0.353 e. The van der Waals surface area contributed by atoms with Crippen molar-refractivity contribution in [2.45, 2.75) is 26.7 Å². The van der Waals surface area contributed by atoms with E-state index in [0.29, 0.717) is 24.1 Å². The zero-order valence-corrected chi connectivity index (χ0v) is 11.3. The molecule has 7 heteroatoms. The van der Waals surface area contributed by atoms with Crippen LogP contribution in [0.4, 0.5) is 17.3 Å². The van der Waals surface area contributed by atoms with Gasteiger partial charge in [0.2, 0.25) is 11.6 Å². The summed E-state index contributed by atoms with van der Waals surface area (Å²) in [6.45, 7) is 6.30. The lowest BCUT2D eigenvalue weighted by Crippen LogP contribution is -2.34. The maximum Gasteiger partial charge on any atom is 0.353 e. The molecule has 0 spiro atoms. The summed E-state index contributed by atoms with van der Waals surface area (Å²) in [4.78, 5) is 21.0. The summed E-state index contributed by atoms with van der Waals surface area (Å²) in [5.41, 5.74) is -0.0149. The van der Waals surface area contributed by atoms with Crippen LogP contribution in [0.15, 0.2) is 6.33 Å². The van der Waals surface area contributed by atoms with Crippen LogP contribution < -0.4 is 10.2 Å². The molecule has 2 heterocycles. The predicted molar refractivity (Wildman–Crippen MR) is 73.5 cm³/mol. The number of rotatable bonds is 4. The summed E-state index contributed by atoms with van der Waals surface area (Å²) < 4.78 is 0. The lowest BCUT2D eigenvalue weighted by Gasteiger charge is -2.30. The first kappa shape index (κ1) is 13.5. The molecule has 0 unspecified atom stereocenters. The van der Waals surface area contributed by atoms with Gasteiger partial charge in [-0.15, -0.1) is 0 Å². The Morgan fingerprint density at radius 2 is 2.16 bits per heavy atom. The molecule has 0 aliphatic carbocycles. The molecule has 0 aromatic carbocycles. The standard InChI is InChI=1S/C12H19N5O2/c1-3-13-11-10(17(18)19)12(15-8-14-11)16-6-4-9(2)5-7-16/h8-9H,3-7H2,1-2H3,(H,13,14,15). The Labute approximate surface area is 112 Å². The summed E-state index contributed by atoms with van der Waals surface area (Å²) in [5.74, 6) is 1.41. The van der Waals surface area contributed by atoms with Gasteiger partial charge >= 0.3 is 5.69 Å². The zero-order chi connectivity index (χ0) is 13.8. The number of hydrogen-bond acceptors (Lipinski definition) is 6. The molecule has 2 rings (SSSR count). The van der Waals surface area contributed by atoms with E-state index in [-0.39, 0.29) is 5.69 Å². The van der Waals surface area contributed by atoms with Crippen molar-refractivity contribution < 1.29 is 4.92 Å². The van der Waals surface area contributed by atoms with E-state index in [0.717, 1.165) is 25.9 Å². The zero-order valence-electron chi connectivity index (χ0n) is 11.3. The number of nitro groups is 1. The third kappa shape index (κ3) is 2.91. The fraction of sp³-hybridized carbons (Fsp3) is 0.667. The van der Waals surface area contributed by atoms with Crippen molar-refractivity contribution in [3.63, 3.8) is 0 Å². The molecular weight excluding hydrogens is 246 g/mol. The van der Waals surface area contributed by atoms with E-state index < -0.39 is 4.92 Å². The molecule has 1 aromatic rings. The van der Waals surface area contributed by atoms with E-state index in [4.69, 9.17) is 0 Å². The van der Waals surface area contributed by atoms with Gasteiger partial charge in [-0.2, -0.15) is 0 Å².